The van der Waals surface area contributed by atoms with Crippen molar-refractivity contribution >= 4 is 17.6 Å². The van der Waals surface area contributed by atoms with Gasteiger partial charge >= 0.3 is 5.97 Å². The number of para-hydroxylation sites is 1. The minimum Gasteiger partial charge on any atom is -0.452 e. The van der Waals surface area contributed by atoms with Gasteiger partial charge in [0.1, 0.15) is 5.82 Å². The van der Waals surface area contributed by atoms with E-state index in [-0.39, 0.29) is 5.69 Å². The molecule has 1 amide bonds. The van der Waals surface area contributed by atoms with E-state index in [2.05, 4.69) is 5.32 Å². The molecule has 2 aromatic carbocycles. The number of esters is 1. The highest BCUT2D eigenvalue weighted by Gasteiger charge is 2.16. The zero-order valence-corrected chi connectivity index (χ0v) is 12.5. The van der Waals surface area contributed by atoms with E-state index in [1.165, 1.54) is 23.8 Å². The van der Waals surface area contributed by atoms with E-state index >= 15 is 0 Å². The van der Waals surface area contributed by atoms with Crippen LogP contribution in [0.5, 0.6) is 0 Å². The maximum atomic E-state index is 13.4. The minimum atomic E-state index is -0.579. The Labute approximate surface area is 133 Å². The summed E-state index contributed by atoms with van der Waals surface area (Å²) in [5, 5.41) is 2.37. The Hall–Kier alpha value is -2.69. The van der Waals surface area contributed by atoms with E-state index in [0.717, 1.165) is 24.8 Å². The number of hydrogen-bond donors (Lipinski definition) is 1. The van der Waals surface area contributed by atoms with E-state index in [9.17, 15) is 14.0 Å². The number of anilines is 1. The standard InChI is InChI=1S/C18H16FNO3/c19-15-6-1-2-7-16(15)20-17(21)11-23-18(22)14-9-8-12-4-3-5-13(12)10-14/h1-2,6-10H,3-5,11H2,(H,20,21). The average molecular weight is 313 g/mol. The Balaban J connectivity index is 1.56. The summed E-state index contributed by atoms with van der Waals surface area (Å²) in [5.41, 5.74) is 2.92. The van der Waals surface area contributed by atoms with Crippen LogP contribution in [-0.2, 0) is 22.4 Å². The van der Waals surface area contributed by atoms with E-state index in [4.69, 9.17) is 4.74 Å². The summed E-state index contributed by atoms with van der Waals surface area (Å²) < 4.78 is 18.4. The third-order valence-corrected chi connectivity index (χ3v) is 3.82. The zero-order valence-electron chi connectivity index (χ0n) is 12.5. The first kappa shape index (κ1) is 15.2. The van der Waals surface area contributed by atoms with Crippen molar-refractivity contribution in [2.24, 2.45) is 0 Å². The fourth-order valence-corrected chi connectivity index (χ4v) is 2.66. The number of ether oxygens (including phenoxy) is 1. The summed E-state index contributed by atoms with van der Waals surface area (Å²) in [6.45, 7) is -0.454. The number of carbonyl (C=O) groups excluding carboxylic acids is 2. The molecule has 0 radical (unpaired) electrons. The van der Waals surface area contributed by atoms with Crippen molar-refractivity contribution in [1.29, 1.82) is 0 Å². The molecular formula is C18H16FNO3. The molecule has 0 saturated heterocycles. The number of nitrogens with one attached hydrogen (secondary N) is 1. The highest BCUT2D eigenvalue weighted by molar-refractivity contribution is 5.95. The first-order chi connectivity index (χ1) is 11.1. The molecular weight excluding hydrogens is 297 g/mol. The van der Waals surface area contributed by atoms with Crippen molar-refractivity contribution in [2.75, 3.05) is 11.9 Å². The number of benzene rings is 2. The van der Waals surface area contributed by atoms with Gasteiger partial charge in [0.2, 0.25) is 0 Å². The van der Waals surface area contributed by atoms with Gasteiger partial charge in [-0.15, -0.1) is 0 Å². The van der Waals surface area contributed by atoms with Crippen molar-refractivity contribution in [2.45, 2.75) is 19.3 Å². The molecule has 3 rings (SSSR count). The summed E-state index contributed by atoms with van der Waals surface area (Å²) in [6, 6.07) is 11.3. The molecule has 0 unspecified atom stereocenters. The lowest BCUT2D eigenvalue weighted by molar-refractivity contribution is -0.119. The van der Waals surface area contributed by atoms with Gasteiger partial charge in [-0.1, -0.05) is 18.2 Å². The largest absolute Gasteiger partial charge is 0.452 e. The predicted molar refractivity (Wildman–Crippen MR) is 83.8 cm³/mol. The molecule has 0 heterocycles. The first-order valence-corrected chi connectivity index (χ1v) is 7.47. The van der Waals surface area contributed by atoms with E-state index in [1.54, 1.807) is 12.1 Å². The van der Waals surface area contributed by atoms with Gasteiger partial charge < -0.3 is 10.1 Å². The Morgan fingerprint density at radius 1 is 1.09 bits per heavy atom. The second-order valence-electron chi connectivity index (χ2n) is 5.44. The minimum absolute atomic E-state index is 0.0612. The molecule has 1 aliphatic rings. The van der Waals surface area contributed by atoms with Crippen LogP contribution in [0.2, 0.25) is 0 Å². The first-order valence-electron chi connectivity index (χ1n) is 7.47. The van der Waals surface area contributed by atoms with Crippen molar-refractivity contribution in [3.8, 4) is 0 Å². The highest BCUT2D eigenvalue weighted by Crippen LogP contribution is 2.23. The number of rotatable bonds is 4. The molecule has 0 aliphatic heterocycles. The number of aryl methyl sites for hydroxylation is 2. The van der Waals surface area contributed by atoms with Crippen molar-refractivity contribution in [1.82, 2.24) is 0 Å². The van der Waals surface area contributed by atoms with Crippen LogP contribution in [0, 0.1) is 5.82 Å². The SMILES string of the molecule is O=C(COC(=O)c1ccc2c(c1)CCC2)Nc1ccccc1F. The van der Waals surface area contributed by atoms with Crippen molar-refractivity contribution in [3.63, 3.8) is 0 Å². The lowest BCUT2D eigenvalue weighted by atomic mass is 10.1. The van der Waals surface area contributed by atoms with Gasteiger partial charge in [0, 0.05) is 0 Å². The van der Waals surface area contributed by atoms with Crippen molar-refractivity contribution < 1.29 is 18.7 Å². The lowest BCUT2D eigenvalue weighted by Crippen LogP contribution is -2.21. The zero-order chi connectivity index (χ0) is 16.2. The molecule has 5 heteroatoms. The Bertz CT molecular complexity index is 758. The van der Waals surface area contributed by atoms with Crippen LogP contribution >= 0.6 is 0 Å². The number of halogens is 1. The van der Waals surface area contributed by atoms with Gasteiger partial charge in [-0.3, -0.25) is 4.79 Å². The van der Waals surface area contributed by atoms with Gasteiger partial charge in [0.05, 0.1) is 11.3 Å². The third kappa shape index (κ3) is 3.56. The molecule has 23 heavy (non-hydrogen) atoms. The second kappa shape index (κ2) is 6.60. The molecule has 4 nitrogen and oxygen atoms in total. The normalized spacial score (nSPS) is 12.6. The van der Waals surface area contributed by atoms with E-state index < -0.39 is 24.3 Å². The summed E-state index contributed by atoms with van der Waals surface area (Å²) in [7, 11) is 0. The molecule has 1 N–H and O–H groups in total. The third-order valence-electron chi connectivity index (χ3n) is 3.82. The molecule has 2 aromatic rings. The van der Waals surface area contributed by atoms with Gasteiger partial charge in [-0.2, -0.15) is 0 Å². The molecule has 0 spiro atoms. The number of fused-ring (bicyclic) bond motifs is 1. The topological polar surface area (TPSA) is 55.4 Å². The quantitative estimate of drug-likeness (QED) is 0.882. The molecule has 0 fully saturated rings. The Morgan fingerprint density at radius 3 is 2.70 bits per heavy atom. The molecule has 0 aromatic heterocycles. The molecule has 1 aliphatic carbocycles. The van der Waals surface area contributed by atoms with Gasteiger partial charge in [0.15, 0.2) is 6.61 Å². The van der Waals surface area contributed by atoms with Crippen LogP contribution in [0.4, 0.5) is 10.1 Å². The summed E-state index contributed by atoms with van der Waals surface area (Å²) in [6.07, 6.45) is 3.10. The lowest BCUT2D eigenvalue weighted by Gasteiger charge is -2.08. The van der Waals surface area contributed by atoms with Gasteiger partial charge in [0.25, 0.3) is 5.91 Å². The molecule has 0 atom stereocenters. The maximum absolute atomic E-state index is 13.4. The van der Waals surface area contributed by atoms with Gasteiger partial charge in [-0.05, 0) is 54.7 Å². The van der Waals surface area contributed by atoms with Crippen LogP contribution in [0.15, 0.2) is 42.5 Å². The Morgan fingerprint density at radius 2 is 1.87 bits per heavy atom. The van der Waals surface area contributed by atoms with Crippen LogP contribution in [0.25, 0.3) is 0 Å². The summed E-state index contributed by atoms with van der Waals surface area (Å²) in [4.78, 5) is 23.7. The number of hydrogen-bond acceptors (Lipinski definition) is 3. The smallest absolute Gasteiger partial charge is 0.338 e. The van der Waals surface area contributed by atoms with E-state index in [0.29, 0.717) is 5.56 Å². The second-order valence-corrected chi connectivity index (χ2v) is 5.44. The molecule has 0 saturated carbocycles. The van der Waals surface area contributed by atoms with Crippen LogP contribution in [0.3, 0.4) is 0 Å². The number of amides is 1. The van der Waals surface area contributed by atoms with Gasteiger partial charge in [-0.25, -0.2) is 9.18 Å². The average Bonchev–Trinajstić information content (AvgIpc) is 3.02. The van der Waals surface area contributed by atoms with Crippen LogP contribution in [-0.4, -0.2) is 18.5 Å². The van der Waals surface area contributed by atoms with Crippen LogP contribution in [0.1, 0.15) is 27.9 Å². The molecule has 118 valence electrons. The fraction of sp³-hybridized carbons (Fsp3) is 0.222. The monoisotopic (exact) mass is 313 g/mol. The fourth-order valence-electron chi connectivity index (χ4n) is 2.66. The number of carbonyl (C=O) groups is 2. The van der Waals surface area contributed by atoms with Crippen LogP contribution < -0.4 is 5.32 Å². The summed E-state index contributed by atoms with van der Waals surface area (Å²) >= 11 is 0. The maximum Gasteiger partial charge on any atom is 0.338 e. The highest BCUT2D eigenvalue weighted by atomic mass is 19.1. The predicted octanol–water partition coefficient (Wildman–Crippen LogP) is 3.11. The molecule has 0 bridgehead atoms. The van der Waals surface area contributed by atoms with Crippen molar-refractivity contribution in [3.05, 3.63) is 65.0 Å². The van der Waals surface area contributed by atoms with E-state index in [1.807, 2.05) is 12.1 Å². The summed E-state index contributed by atoms with van der Waals surface area (Å²) in [5.74, 6) is -1.67. The Kier molecular flexibility index (Phi) is 4.37.